The van der Waals surface area contributed by atoms with Crippen LogP contribution in [-0.4, -0.2) is 30.6 Å². The molecular weight excluding hydrogens is 273 g/mol. The fourth-order valence-electron chi connectivity index (χ4n) is 2.83. The molecule has 0 aromatic heterocycles. The molecular formula is C15H22FN3O2. The molecule has 0 radical (unpaired) electrons. The van der Waals surface area contributed by atoms with Gasteiger partial charge < -0.3 is 10.2 Å². The Kier molecular flexibility index (Phi) is 5.12. The summed E-state index contributed by atoms with van der Waals surface area (Å²) in [6, 6.07) is 3.74. The van der Waals surface area contributed by atoms with Gasteiger partial charge in [0.05, 0.1) is 4.92 Å². The Morgan fingerprint density at radius 3 is 2.86 bits per heavy atom. The summed E-state index contributed by atoms with van der Waals surface area (Å²) in [6.45, 7) is 6.59. The molecule has 1 saturated heterocycles. The van der Waals surface area contributed by atoms with E-state index < -0.39 is 10.7 Å². The van der Waals surface area contributed by atoms with E-state index in [2.05, 4.69) is 5.32 Å². The minimum Gasteiger partial charge on any atom is -0.363 e. The normalized spacial score (nSPS) is 18.8. The van der Waals surface area contributed by atoms with Crippen LogP contribution in [0.15, 0.2) is 18.2 Å². The highest BCUT2D eigenvalue weighted by molar-refractivity contribution is 5.63. The first-order valence-electron chi connectivity index (χ1n) is 7.40. The van der Waals surface area contributed by atoms with Crippen LogP contribution < -0.4 is 10.2 Å². The molecule has 116 valence electrons. The van der Waals surface area contributed by atoms with Gasteiger partial charge in [-0.05, 0) is 51.8 Å². The lowest BCUT2D eigenvalue weighted by molar-refractivity contribution is -0.384. The Morgan fingerprint density at radius 2 is 2.29 bits per heavy atom. The van der Waals surface area contributed by atoms with Crippen molar-refractivity contribution in [3.63, 3.8) is 0 Å². The Bertz CT molecular complexity index is 502. The first kappa shape index (κ1) is 15.7. The van der Waals surface area contributed by atoms with Crippen LogP contribution >= 0.6 is 0 Å². The van der Waals surface area contributed by atoms with Crippen molar-refractivity contribution in [3.8, 4) is 0 Å². The highest BCUT2D eigenvalue weighted by Crippen LogP contribution is 2.31. The third kappa shape index (κ3) is 3.91. The molecule has 0 bridgehead atoms. The van der Waals surface area contributed by atoms with Gasteiger partial charge in [0.15, 0.2) is 0 Å². The first-order chi connectivity index (χ1) is 9.99. The minimum absolute atomic E-state index is 0.0335. The standard InChI is InChI=1S/C15H22FN3O2/c1-11(2)18(10-12-4-3-7-17-9-12)15-8-13(16)5-6-14(15)19(20)21/h5-6,8,11-12,17H,3-4,7,9-10H2,1-2H3. The van der Waals surface area contributed by atoms with Crippen LogP contribution in [0.25, 0.3) is 0 Å². The number of rotatable bonds is 5. The number of nitrogens with zero attached hydrogens (tertiary/aromatic N) is 2. The topological polar surface area (TPSA) is 58.4 Å². The van der Waals surface area contributed by atoms with Crippen molar-refractivity contribution in [2.24, 2.45) is 5.92 Å². The fraction of sp³-hybridized carbons (Fsp3) is 0.600. The molecule has 1 aromatic carbocycles. The highest BCUT2D eigenvalue weighted by Gasteiger charge is 2.25. The van der Waals surface area contributed by atoms with Gasteiger partial charge in [-0.1, -0.05) is 0 Å². The Balaban J connectivity index is 2.28. The van der Waals surface area contributed by atoms with Crippen molar-refractivity contribution in [2.75, 3.05) is 24.5 Å². The number of piperidine rings is 1. The van der Waals surface area contributed by atoms with Gasteiger partial charge in [-0.15, -0.1) is 0 Å². The molecule has 1 heterocycles. The minimum atomic E-state index is -0.442. The zero-order valence-electron chi connectivity index (χ0n) is 12.5. The van der Waals surface area contributed by atoms with E-state index in [1.807, 2.05) is 18.7 Å². The highest BCUT2D eigenvalue weighted by atomic mass is 19.1. The zero-order valence-corrected chi connectivity index (χ0v) is 12.5. The maximum atomic E-state index is 13.6. The van der Waals surface area contributed by atoms with E-state index in [1.54, 1.807) is 0 Å². The molecule has 1 aliphatic rings. The average molecular weight is 295 g/mol. The van der Waals surface area contributed by atoms with Gasteiger partial charge in [0.25, 0.3) is 5.69 Å². The number of nitro benzene ring substituents is 1. The average Bonchev–Trinajstić information content (AvgIpc) is 2.45. The van der Waals surface area contributed by atoms with E-state index in [-0.39, 0.29) is 11.7 Å². The molecule has 0 saturated carbocycles. The molecule has 0 spiro atoms. The molecule has 1 aromatic rings. The molecule has 0 amide bonds. The van der Waals surface area contributed by atoms with E-state index in [0.29, 0.717) is 18.2 Å². The molecule has 1 N–H and O–H groups in total. The van der Waals surface area contributed by atoms with E-state index >= 15 is 0 Å². The molecule has 1 unspecified atom stereocenters. The van der Waals surface area contributed by atoms with Gasteiger partial charge in [-0.3, -0.25) is 10.1 Å². The Labute approximate surface area is 124 Å². The monoisotopic (exact) mass is 295 g/mol. The zero-order chi connectivity index (χ0) is 15.4. The maximum Gasteiger partial charge on any atom is 0.292 e. The molecule has 1 aliphatic heterocycles. The maximum absolute atomic E-state index is 13.6. The summed E-state index contributed by atoms with van der Waals surface area (Å²) >= 11 is 0. The largest absolute Gasteiger partial charge is 0.363 e. The lowest BCUT2D eigenvalue weighted by atomic mass is 9.98. The molecule has 1 fully saturated rings. The van der Waals surface area contributed by atoms with Crippen molar-refractivity contribution in [1.29, 1.82) is 0 Å². The summed E-state index contributed by atoms with van der Waals surface area (Å²) < 4.78 is 13.6. The van der Waals surface area contributed by atoms with Crippen LogP contribution in [-0.2, 0) is 0 Å². The lowest BCUT2D eigenvalue weighted by Crippen LogP contribution is -2.41. The smallest absolute Gasteiger partial charge is 0.292 e. The van der Waals surface area contributed by atoms with Crippen molar-refractivity contribution in [1.82, 2.24) is 5.32 Å². The van der Waals surface area contributed by atoms with E-state index in [4.69, 9.17) is 0 Å². The summed E-state index contributed by atoms with van der Waals surface area (Å²) in [5, 5.41) is 14.5. The number of halogens is 1. The van der Waals surface area contributed by atoms with Gasteiger partial charge >= 0.3 is 0 Å². The van der Waals surface area contributed by atoms with Gasteiger partial charge in [0.2, 0.25) is 0 Å². The van der Waals surface area contributed by atoms with E-state index in [1.165, 1.54) is 12.1 Å². The number of nitro groups is 1. The summed E-state index contributed by atoms with van der Waals surface area (Å²) in [5.41, 5.74) is 0.342. The first-order valence-corrected chi connectivity index (χ1v) is 7.40. The van der Waals surface area contributed by atoms with Crippen LogP contribution in [0, 0.1) is 21.8 Å². The molecule has 0 aliphatic carbocycles. The molecule has 6 heteroatoms. The number of nitrogens with one attached hydrogen (secondary N) is 1. The van der Waals surface area contributed by atoms with Crippen molar-refractivity contribution in [2.45, 2.75) is 32.7 Å². The van der Waals surface area contributed by atoms with Crippen molar-refractivity contribution >= 4 is 11.4 Å². The van der Waals surface area contributed by atoms with Gasteiger partial charge in [0, 0.05) is 24.7 Å². The second kappa shape index (κ2) is 6.85. The molecule has 1 atom stereocenters. The third-order valence-electron chi connectivity index (χ3n) is 3.92. The van der Waals surface area contributed by atoms with Crippen LogP contribution in [0.4, 0.5) is 15.8 Å². The lowest BCUT2D eigenvalue weighted by Gasteiger charge is -2.34. The van der Waals surface area contributed by atoms with Crippen LogP contribution in [0.1, 0.15) is 26.7 Å². The molecule has 5 nitrogen and oxygen atoms in total. The predicted molar refractivity (Wildman–Crippen MR) is 81.1 cm³/mol. The fourth-order valence-corrected chi connectivity index (χ4v) is 2.83. The summed E-state index contributed by atoms with van der Waals surface area (Å²) in [6.07, 6.45) is 2.21. The van der Waals surface area contributed by atoms with Crippen molar-refractivity contribution in [3.05, 3.63) is 34.1 Å². The van der Waals surface area contributed by atoms with Crippen LogP contribution in [0.2, 0.25) is 0 Å². The molecule has 21 heavy (non-hydrogen) atoms. The number of benzene rings is 1. The number of hydrogen-bond donors (Lipinski definition) is 1. The van der Waals surface area contributed by atoms with E-state index in [9.17, 15) is 14.5 Å². The van der Waals surface area contributed by atoms with Gasteiger partial charge in [0.1, 0.15) is 11.5 Å². The second-order valence-corrected chi connectivity index (χ2v) is 5.85. The summed E-state index contributed by atoms with van der Waals surface area (Å²) in [7, 11) is 0. The van der Waals surface area contributed by atoms with E-state index in [0.717, 1.165) is 32.0 Å². The Morgan fingerprint density at radius 1 is 1.52 bits per heavy atom. The second-order valence-electron chi connectivity index (χ2n) is 5.85. The quantitative estimate of drug-likeness (QED) is 0.670. The van der Waals surface area contributed by atoms with Crippen LogP contribution in [0.5, 0.6) is 0 Å². The van der Waals surface area contributed by atoms with Crippen molar-refractivity contribution < 1.29 is 9.31 Å². The van der Waals surface area contributed by atoms with Gasteiger partial charge in [-0.25, -0.2) is 4.39 Å². The van der Waals surface area contributed by atoms with Crippen LogP contribution in [0.3, 0.4) is 0 Å². The number of hydrogen-bond acceptors (Lipinski definition) is 4. The SMILES string of the molecule is CC(C)N(CC1CCCNC1)c1cc(F)ccc1[N+](=O)[O-]. The summed E-state index contributed by atoms with van der Waals surface area (Å²) in [5.74, 6) is -0.00737. The Hall–Kier alpha value is -1.69. The predicted octanol–water partition coefficient (Wildman–Crippen LogP) is 2.95. The summed E-state index contributed by atoms with van der Waals surface area (Å²) in [4.78, 5) is 12.7. The molecule has 2 rings (SSSR count). The number of anilines is 1. The van der Waals surface area contributed by atoms with Gasteiger partial charge in [-0.2, -0.15) is 0 Å². The third-order valence-corrected chi connectivity index (χ3v) is 3.92.